The van der Waals surface area contributed by atoms with Crippen LogP contribution >= 0.6 is 0 Å². The van der Waals surface area contributed by atoms with Gasteiger partial charge in [0.1, 0.15) is 11.7 Å². The van der Waals surface area contributed by atoms with Gasteiger partial charge in [-0.05, 0) is 50.8 Å². The molecule has 2 heterocycles. The number of hydrogen-bond donors (Lipinski definition) is 1. The van der Waals surface area contributed by atoms with Gasteiger partial charge in [0, 0.05) is 37.3 Å². The molecule has 7 heteroatoms. The van der Waals surface area contributed by atoms with Crippen molar-refractivity contribution in [3.8, 4) is 28.8 Å². The predicted molar refractivity (Wildman–Crippen MR) is 159 cm³/mol. The van der Waals surface area contributed by atoms with E-state index in [9.17, 15) is 9.90 Å². The molecule has 3 atom stereocenters. The average Bonchev–Trinajstić information content (AvgIpc) is 2.95. The summed E-state index contributed by atoms with van der Waals surface area (Å²) in [6.45, 7) is 6.33. The fourth-order valence-corrected chi connectivity index (χ4v) is 4.80. The number of likely N-dealkylation sites (N-methyl/N-ethyl adjacent to an activating group) is 1. The number of hydrogen-bond acceptors (Lipinski definition) is 6. The largest absolute Gasteiger partial charge is 0.472 e. The topological polar surface area (TPSA) is 69.1 Å². The van der Waals surface area contributed by atoms with Gasteiger partial charge in [0.2, 0.25) is 5.88 Å². The first kappa shape index (κ1) is 29.3. The Morgan fingerprint density at radius 2 is 1.80 bits per heavy atom. The van der Waals surface area contributed by atoms with Crippen molar-refractivity contribution in [2.24, 2.45) is 5.92 Å². The van der Waals surface area contributed by atoms with Gasteiger partial charge in [-0.2, -0.15) is 0 Å². The Bertz CT molecular complexity index is 1330. The van der Waals surface area contributed by atoms with Crippen molar-refractivity contribution in [2.75, 3.05) is 47.4 Å². The van der Waals surface area contributed by atoms with E-state index in [4.69, 9.17) is 4.74 Å². The van der Waals surface area contributed by atoms with Gasteiger partial charge in [-0.25, -0.2) is 4.98 Å². The molecule has 1 N–H and O–H groups in total. The number of aliphatic hydroxyl groups is 1. The smallest absolute Gasteiger partial charge is 0.259 e. The molecule has 3 aromatic rings. The maximum absolute atomic E-state index is 13.6. The zero-order valence-corrected chi connectivity index (χ0v) is 24.2. The molecule has 0 saturated carbocycles. The molecule has 1 amide bonds. The van der Waals surface area contributed by atoms with E-state index in [1.165, 1.54) is 16.7 Å². The number of carbonyl (C=O) groups is 1. The van der Waals surface area contributed by atoms with E-state index in [2.05, 4.69) is 84.2 Å². The molecule has 2 aromatic carbocycles. The SMILES string of the molecule is C[C@@H]1CN([C@@H](C)CO)C(=O)c2cc(C#CCN(C)C)cnc2O[C@H]1CN(C)Cc1ccc(-c2ccccc2)cc1. The maximum Gasteiger partial charge on any atom is 0.259 e. The predicted octanol–water partition coefficient (Wildman–Crippen LogP) is 4.01. The normalized spacial score (nSPS) is 17.9. The molecular weight excluding hydrogens is 500 g/mol. The third-order valence-corrected chi connectivity index (χ3v) is 7.15. The van der Waals surface area contributed by atoms with E-state index in [1.54, 1.807) is 17.2 Å². The van der Waals surface area contributed by atoms with Gasteiger partial charge in [-0.3, -0.25) is 14.6 Å². The monoisotopic (exact) mass is 540 g/mol. The lowest BCUT2D eigenvalue weighted by Gasteiger charge is -2.37. The fraction of sp³-hybridized carbons (Fsp3) is 0.394. The lowest BCUT2D eigenvalue weighted by molar-refractivity contribution is 0.0325. The minimum absolute atomic E-state index is 0.0235. The van der Waals surface area contributed by atoms with Crippen LogP contribution in [0.5, 0.6) is 5.88 Å². The Morgan fingerprint density at radius 3 is 2.48 bits per heavy atom. The molecule has 0 spiro atoms. The number of rotatable bonds is 8. The first-order chi connectivity index (χ1) is 19.2. The molecular formula is C33H40N4O3. The summed E-state index contributed by atoms with van der Waals surface area (Å²) in [5.41, 5.74) is 4.66. The van der Waals surface area contributed by atoms with Crippen LogP contribution in [0.4, 0.5) is 0 Å². The van der Waals surface area contributed by atoms with Crippen LogP contribution in [0, 0.1) is 17.8 Å². The number of aromatic nitrogens is 1. The molecule has 40 heavy (non-hydrogen) atoms. The highest BCUT2D eigenvalue weighted by molar-refractivity contribution is 5.97. The first-order valence-corrected chi connectivity index (χ1v) is 13.8. The van der Waals surface area contributed by atoms with Crippen LogP contribution in [-0.2, 0) is 6.54 Å². The van der Waals surface area contributed by atoms with Gasteiger partial charge in [-0.1, -0.05) is 73.4 Å². The van der Waals surface area contributed by atoms with Gasteiger partial charge in [0.05, 0.1) is 19.2 Å². The third-order valence-electron chi connectivity index (χ3n) is 7.15. The molecule has 0 bridgehead atoms. The average molecular weight is 541 g/mol. The minimum Gasteiger partial charge on any atom is -0.472 e. The van der Waals surface area contributed by atoms with Crippen molar-refractivity contribution in [3.63, 3.8) is 0 Å². The first-order valence-electron chi connectivity index (χ1n) is 13.8. The van der Waals surface area contributed by atoms with Crippen LogP contribution in [0.3, 0.4) is 0 Å². The molecule has 1 aromatic heterocycles. The van der Waals surface area contributed by atoms with E-state index in [0.29, 0.717) is 36.6 Å². The number of fused-ring (bicyclic) bond motifs is 1. The molecule has 210 valence electrons. The molecule has 0 saturated heterocycles. The van der Waals surface area contributed by atoms with Crippen LogP contribution in [0.15, 0.2) is 66.9 Å². The van der Waals surface area contributed by atoms with Gasteiger partial charge < -0.3 is 14.7 Å². The minimum atomic E-state index is -0.328. The summed E-state index contributed by atoms with van der Waals surface area (Å²) >= 11 is 0. The molecule has 4 rings (SSSR count). The van der Waals surface area contributed by atoms with Crippen LogP contribution < -0.4 is 4.74 Å². The number of benzene rings is 2. The van der Waals surface area contributed by atoms with E-state index in [1.807, 2.05) is 32.0 Å². The third kappa shape index (κ3) is 7.48. The lowest BCUT2D eigenvalue weighted by Crippen LogP contribution is -2.49. The Morgan fingerprint density at radius 1 is 1.10 bits per heavy atom. The number of nitrogens with zero attached hydrogens (tertiary/aromatic N) is 4. The van der Waals surface area contributed by atoms with Crippen molar-refractivity contribution >= 4 is 5.91 Å². The van der Waals surface area contributed by atoms with Gasteiger partial charge in [-0.15, -0.1) is 0 Å². The summed E-state index contributed by atoms with van der Waals surface area (Å²) in [7, 11) is 5.99. The lowest BCUT2D eigenvalue weighted by atomic mass is 9.99. The highest BCUT2D eigenvalue weighted by atomic mass is 16.5. The summed E-state index contributed by atoms with van der Waals surface area (Å²) in [5, 5.41) is 9.92. The second-order valence-corrected chi connectivity index (χ2v) is 11.0. The Kier molecular flexibility index (Phi) is 9.94. The molecule has 0 unspecified atom stereocenters. The van der Waals surface area contributed by atoms with Crippen molar-refractivity contribution in [2.45, 2.75) is 32.5 Å². The summed E-state index contributed by atoms with van der Waals surface area (Å²) in [5.74, 6) is 6.34. The van der Waals surface area contributed by atoms with Crippen molar-refractivity contribution in [3.05, 3.63) is 83.6 Å². The number of carbonyl (C=O) groups excluding carboxylic acids is 1. The Labute approximate surface area is 238 Å². The second-order valence-electron chi connectivity index (χ2n) is 11.0. The molecule has 0 fully saturated rings. The molecule has 1 aliphatic rings. The highest BCUT2D eigenvalue weighted by Crippen LogP contribution is 2.28. The van der Waals surface area contributed by atoms with Gasteiger partial charge >= 0.3 is 0 Å². The Balaban J connectivity index is 1.53. The zero-order chi connectivity index (χ0) is 28.6. The Hall–Kier alpha value is -3.70. The van der Waals surface area contributed by atoms with Crippen LogP contribution in [0.25, 0.3) is 11.1 Å². The van der Waals surface area contributed by atoms with E-state index < -0.39 is 0 Å². The number of pyridine rings is 1. The highest BCUT2D eigenvalue weighted by Gasteiger charge is 2.34. The van der Waals surface area contributed by atoms with Crippen molar-refractivity contribution in [1.29, 1.82) is 0 Å². The summed E-state index contributed by atoms with van der Waals surface area (Å²) in [6.07, 6.45) is 1.46. The van der Waals surface area contributed by atoms with E-state index >= 15 is 0 Å². The van der Waals surface area contributed by atoms with Gasteiger partial charge in [0.25, 0.3) is 5.91 Å². The van der Waals surface area contributed by atoms with E-state index in [0.717, 1.165) is 6.54 Å². The number of amides is 1. The van der Waals surface area contributed by atoms with Crippen LogP contribution in [0.2, 0.25) is 0 Å². The van der Waals surface area contributed by atoms with Crippen molar-refractivity contribution < 1.29 is 14.6 Å². The summed E-state index contributed by atoms with van der Waals surface area (Å²) in [4.78, 5) is 24.1. The summed E-state index contributed by atoms with van der Waals surface area (Å²) < 4.78 is 6.45. The van der Waals surface area contributed by atoms with Crippen molar-refractivity contribution in [1.82, 2.24) is 19.7 Å². The second kappa shape index (κ2) is 13.6. The molecule has 0 aliphatic carbocycles. The quantitative estimate of drug-likeness (QED) is 0.436. The van der Waals surface area contributed by atoms with Crippen LogP contribution in [0.1, 0.15) is 35.3 Å². The zero-order valence-electron chi connectivity index (χ0n) is 24.2. The number of aliphatic hydroxyl groups excluding tert-OH is 1. The van der Waals surface area contributed by atoms with Crippen LogP contribution in [-0.4, -0.2) is 90.2 Å². The molecule has 0 radical (unpaired) electrons. The molecule has 1 aliphatic heterocycles. The molecule has 7 nitrogen and oxygen atoms in total. The maximum atomic E-state index is 13.6. The van der Waals surface area contributed by atoms with E-state index in [-0.39, 0.29) is 30.6 Å². The summed E-state index contributed by atoms with van der Waals surface area (Å²) in [6, 6.07) is 20.4. The fourth-order valence-electron chi connectivity index (χ4n) is 4.80. The van der Waals surface area contributed by atoms with Gasteiger partial charge in [0.15, 0.2) is 0 Å². The standard InChI is InChI=1S/C33H40N4O3/c1-24-20-37(25(2)23-38)33(39)30-18-27(10-9-17-35(3)4)19-34-32(30)40-31(24)22-36(5)21-26-13-15-29(16-14-26)28-11-7-6-8-12-28/h6-8,11-16,18-19,24-25,31,38H,17,20-23H2,1-5H3/t24-,25+,31+/m1/s1. The number of ether oxygens (including phenoxy) is 1.